The smallest absolute Gasteiger partial charge is 0.356 e. The van der Waals surface area contributed by atoms with Crippen LogP contribution in [0.4, 0.5) is 5.69 Å². The Labute approximate surface area is 92.0 Å². The van der Waals surface area contributed by atoms with Gasteiger partial charge in [0, 0.05) is 0 Å². The molecule has 0 amide bonds. The van der Waals surface area contributed by atoms with Gasteiger partial charge in [-0.2, -0.15) is 0 Å². The number of nitrogen functional groups attached to an aromatic ring is 1. The van der Waals surface area contributed by atoms with Gasteiger partial charge in [-0.1, -0.05) is 0 Å². The lowest BCUT2D eigenvalue weighted by molar-refractivity contribution is -0.142. The van der Waals surface area contributed by atoms with Gasteiger partial charge in [-0.25, -0.2) is 9.78 Å². The first-order chi connectivity index (χ1) is 7.54. The number of anilines is 1. The highest BCUT2D eigenvalue weighted by atomic mass is 16.5. The molecule has 0 aliphatic heterocycles. The first-order valence-electron chi connectivity index (χ1n) is 4.69. The normalized spacial score (nSPS) is 9.81. The summed E-state index contributed by atoms with van der Waals surface area (Å²) in [4.78, 5) is 25.6. The second-order valence-corrected chi connectivity index (χ2v) is 3.03. The molecule has 6 heteroatoms. The summed E-state index contributed by atoms with van der Waals surface area (Å²) < 4.78 is 4.72. The van der Waals surface area contributed by atoms with E-state index < -0.39 is 11.9 Å². The fourth-order valence-corrected chi connectivity index (χ4v) is 1.14. The summed E-state index contributed by atoms with van der Waals surface area (Å²) in [6.07, 6.45) is -0.0611. The van der Waals surface area contributed by atoms with E-state index >= 15 is 0 Å². The molecule has 0 atom stereocenters. The summed E-state index contributed by atoms with van der Waals surface area (Å²) in [6.45, 7) is 1.97. The van der Waals surface area contributed by atoms with Gasteiger partial charge in [0.15, 0.2) is 5.69 Å². The molecular formula is C10H12N2O4. The summed E-state index contributed by atoms with van der Waals surface area (Å²) in [5.41, 5.74) is 5.57. The topological polar surface area (TPSA) is 103 Å². The van der Waals surface area contributed by atoms with E-state index in [0.717, 1.165) is 0 Å². The summed E-state index contributed by atoms with van der Waals surface area (Å²) in [7, 11) is 0. The Balaban J connectivity index is 2.87. The van der Waals surface area contributed by atoms with Crippen molar-refractivity contribution in [3.63, 3.8) is 0 Å². The number of aromatic carboxylic acids is 1. The summed E-state index contributed by atoms with van der Waals surface area (Å²) in [5.74, 6) is -1.67. The fourth-order valence-electron chi connectivity index (χ4n) is 1.14. The number of pyridine rings is 1. The van der Waals surface area contributed by atoms with Gasteiger partial charge >= 0.3 is 11.9 Å². The largest absolute Gasteiger partial charge is 0.476 e. The van der Waals surface area contributed by atoms with Crippen molar-refractivity contribution in [1.29, 1.82) is 0 Å². The molecule has 0 aliphatic carbocycles. The van der Waals surface area contributed by atoms with Gasteiger partial charge in [0.1, 0.15) is 0 Å². The first-order valence-corrected chi connectivity index (χ1v) is 4.69. The molecule has 6 nitrogen and oxygen atoms in total. The van der Waals surface area contributed by atoms with Gasteiger partial charge in [0.25, 0.3) is 0 Å². The minimum atomic E-state index is -1.22. The molecule has 0 saturated heterocycles. The summed E-state index contributed by atoms with van der Waals surface area (Å²) in [5, 5.41) is 8.77. The van der Waals surface area contributed by atoms with Crippen LogP contribution < -0.4 is 5.73 Å². The predicted molar refractivity (Wildman–Crippen MR) is 55.9 cm³/mol. The van der Waals surface area contributed by atoms with Crippen LogP contribution in [0.25, 0.3) is 0 Å². The van der Waals surface area contributed by atoms with E-state index in [1.807, 2.05) is 0 Å². The SMILES string of the molecule is CCOC(=O)Cc1ccc(N)c(C(=O)O)n1. The zero-order valence-electron chi connectivity index (χ0n) is 8.77. The number of carboxylic acid groups (broad SMARTS) is 1. The van der Waals surface area contributed by atoms with Crippen molar-refractivity contribution >= 4 is 17.6 Å². The Kier molecular flexibility index (Phi) is 3.82. The maximum atomic E-state index is 11.1. The Hall–Kier alpha value is -2.11. The van der Waals surface area contributed by atoms with Crippen molar-refractivity contribution in [3.05, 3.63) is 23.5 Å². The molecule has 0 spiro atoms. The molecule has 1 aromatic heterocycles. The maximum Gasteiger partial charge on any atom is 0.356 e. The van der Waals surface area contributed by atoms with E-state index in [2.05, 4.69) is 4.98 Å². The molecule has 0 fully saturated rings. The Morgan fingerprint density at radius 1 is 1.50 bits per heavy atom. The number of aromatic nitrogens is 1. The Morgan fingerprint density at radius 2 is 2.19 bits per heavy atom. The third kappa shape index (κ3) is 2.94. The Morgan fingerprint density at radius 3 is 2.75 bits per heavy atom. The van der Waals surface area contributed by atoms with Gasteiger partial charge in [0.05, 0.1) is 24.4 Å². The number of nitrogens with zero attached hydrogens (tertiary/aromatic N) is 1. The number of rotatable bonds is 4. The zero-order chi connectivity index (χ0) is 12.1. The fraction of sp³-hybridized carbons (Fsp3) is 0.300. The van der Waals surface area contributed by atoms with Crippen LogP contribution >= 0.6 is 0 Å². The highest BCUT2D eigenvalue weighted by molar-refractivity contribution is 5.91. The molecule has 16 heavy (non-hydrogen) atoms. The van der Waals surface area contributed by atoms with Gasteiger partial charge in [-0.3, -0.25) is 4.79 Å². The van der Waals surface area contributed by atoms with Crippen molar-refractivity contribution in [2.75, 3.05) is 12.3 Å². The molecule has 0 bridgehead atoms. The molecular weight excluding hydrogens is 212 g/mol. The number of ether oxygens (including phenoxy) is 1. The van der Waals surface area contributed by atoms with Crippen LogP contribution in [0.15, 0.2) is 12.1 Å². The molecule has 86 valence electrons. The number of carbonyl (C=O) groups excluding carboxylic acids is 1. The minimum Gasteiger partial charge on any atom is -0.476 e. The van der Waals surface area contributed by atoms with Crippen molar-refractivity contribution in [1.82, 2.24) is 4.98 Å². The van der Waals surface area contributed by atoms with Crippen LogP contribution in [-0.2, 0) is 16.0 Å². The first kappa shape index (κ1) is 12.0. The number of nitrogens with two attached hydrogens (primary N) is 1. The van der Waals surface area contributed by atoms with Crippen LogP contribution in [-0.4, -0.2) is 28.6 Å². The minimum absolute atomic E-state index is 0.0611. The van der Waals surface area contributed by atoms with Crippen molar-refractivity contribution in [2.45, 2.75) is 13.3 Å². The van der Waals surface area contributed by atoms with Crippen LogP contribution in [0.3, 0.4) is 0 Å². The van der Waals surface area contributed by atoms with Crippen LogP contribution in [0.1, 0.15) is 23.1 Å². The number of esters is 1. The third-order valence-corrected chi connectivity index (χ3v) is 1.82. The third-order valence-electron chi connectivity index (χ3n) is 1.82. The molecule has 0 saturated carbocycles. The monoisotopic (exact) mass is 224 g/mol. The number of hydrogen-bond donors (Lipinski definition) is 2. The van der Waals surface area contributed by atoms with Crippen LogP contribution in [0.5, 0.6) is 0 Å². The molecule has 0 aromatic carbocycles. The van der Waals surface area contributed by atoms with Crippen molar-refractivity contribution in [3.8, 4) is 0 Å². The van der Waals surface area contributed by atoms with Crippen molar-refractivity contribution in [2.24, 2.45) is 0 Å². The van der Waals surface area contributed by atoms with E-state index in [9.17, 15) is 9.59 Å². The van der Waals surface area contributed by atoms with Crippen molar-refractivity contribution < 1.29 is 19.4 Å². The molecule has 1 heterocycles. The highest BCUT2D eigenvalue weighted by Crippen LogP contribution is 2.10. The number of carbonyl (C=O) groups is 2. The summed E-state index contributed by atoms with van der Waals surface area (Å²) in [6, 6.07) is 2.91. The zero-order valence-corrected chi connectivity index (χ0v) is 8.77. The molecule has 1 aromatic rings. The molecule has 0 unspecified atom stereocenters. The van der Waals surface area contributed by atoms with E-state index in [1.165, 1.54) is 12.1 Å². The second kappa shape index (κ2) is 5.11. The standard InChI is InChI=1S/C10H12N2O4/c1-2-16-8(13)5-6-3-4-7(11)9(12-6)10(14)15/h3-4H,2,5,11H2,1H3,(H,14,15). The molecule has 3 N–H and O–H groups in total. The Bertz CT molecular complexity index is 417. The quantitative estimate of drug-likeness (QED) is 0.720. The lowest BCUT2D eigenvalue weighted by atomic mass is 10.2. The number of hydrogen-bond acceptors (Lipinski definition) is 5. The second-order valence-electron chi connectivity index (χ2n) is 3.03. The lowest BCUT2D eigenvalue weighted by Gasteiger charge is -2.04. The van der Waals surface area contributed by atoms with E-state index in [1.54, 1.807) is 6.92 Å². The average molecular weight is 224 g/mol. The average Bonchev–Trinajstić information content (AvgIpc) is 2.21. The van der Waals surface area contributed by atoms with Gasteiger partial charge in [0.2, 0.25) is 0 Å². The predicted octanol–water partition coefficient (Wildman–Crippen LogP) is 0.468. The molecule has 0 radical (unpaired) electrons. The van der Waals surface area contributed by atoms with Gasteiger partial charge in [-0.05, 0) is 19.1 Å². The van der Waals surface area contributed by atoms with E-state index in [-0.39, 0.29) is 24.4 Å². The lowest BCUT2D eigenvalue weighted by Crippen LogP contribution is -2.12. The highest BCUT2D eigenvalue weighted by Gasteiger charge is 2.12. The van der Waals surface area contributed by atoms with E-state index in [4.69, 9.17) is 15.6 Å². The summed E-state index contributed by atoms with van der Waals surface area (Å²) >= 11 is 0. The molecule has 1 rings (SSSR count). The van der Waals surface area contributed by atoms with Crippen LogP contribution in [0.2, 0.25) is 0 Å². The van der Waals surface area contributed by atoms with Gasteiger partial charge < -0.3 is 15.6 Å². The van der Waals surface area contributed by atoms with Gasteiger partial charge in [-0.15, -0.1) is 0 Å². The van der Waals surface area contributed by atoms with Crippen LogP contribution in [0, 0.1) is 0 Å². The number of carboxylic acids is 1. The molecule has 0 aliphatic rings. The maximum absolute atomic E-state index is 11.1. The van der Waals surface area contributed by atoms with E-state index in [0.29, 0.717) is 5.69 Å².